The predicted octanol–water partition coefficient (Wildman–Crippen LogP) is 2.25. The van der Waals surface area contributed by atoms with Crippen LogP contribution in [0.5, 0.6) is 0 Å². The smallest absolute Gasteiger partial charge is 0.254 e. The van der Waals surface area contributed by atoms with E-state index in [2.05, 4.69) is 4.98 Å². The van der Waals surface area contributed by atoms with Crippen molar-refractivity contribution in [3.63, 3.8) is 0 Å². The highest BCUT2D eigenvalue weighted by Gasteiger charge is 2.15. The molecule has 0 atom stereocenters. The van der Waals surface area contributed by atoms with Gasteiger partial charge in [-0.2, -0.15) is 11.8 Å². The van der Waals surface area contributed by atoms with Gasteiger partial charge in [-0.1, -0.05) is 18.2 Å². The number of hydrogen-bond acceptors (Lipinski definition) is 4. The maximum absolute atomic E-state index is 12.5. The SMILES string of the molecule is CSCCN(C)C(=O)c1cc(N)nc2ccccc12. The summed E-state index contributed by atoms with van der Waals surface area (Å²) >= 11 is 1.72. The van der Waals surface area contributed by atoms with Crippen LogP contribution in [0.25, 0.3) is 10.9 Å². The van der Waals surface area contributed by atoms with Gasteiger partial charge in [0.2, 0.25) is 0 Å². The number of anilines is 1. The Bertz CT molecular complexity index is 600. The summed E-state index contributed by atoms with van der Waals surface area (Å²) in [5, 5.41) is 0.845. The van der Waals surface area contributed by atoms with E-state index < -0.39 is 0 Å². The van der Waals surface area contributed by atoms with Gasteiger partial charge in [0, 0.05) is 24.7 Å². The molecule has 100 valence electrons. The van der Waals surface area contributed by atoms with E-state index in [1.165, 1.54) is 0 Å². The van der Waals surface area contributed by atoms with Crippen LogP contribution in [-0.4, -0.2) is 41.4 Å². The average molecular weight is 275 g/mol. The van der Waals surface area contributed by atoms with Gasteiger partial charge < -0.3 is 10.6 Å². The zero-order chi connectivity index (χ0) is 13.8. The van der Waals surface area contributed by atoms with Crippen molar-refractivity contribution in [1.82, 2.24) is 9.88 Å². The fourth-order valence-electron chi connectivity index (χ4n) is 1.91. The number of carbonyl (C=O) groups is 1. The van der Waals surface area contributed by atoms with Gasteiger partial charge in [-0.05, 0) is 18.4 Å². The second-order valence-electron chi connectivity index (χ2n) is 4.33. The van der Waals surface area contributed by atoms with Crippen LogP contribution in [0.3, 0.4) is 0 Å². The molecule has 2 N–H and O–H groups in total. The van der Waals surface area contributed by atoms with Gasteiger partial charge in [-0.15, -0.1) is 0 Å². The number of nitrogen functional groups attached to an aromatic ring is 1. The Hall–Kier alpha value is -1.75. The summed E-state index contributed by atoms with van der Waals surface area (Å²) in [5.41, 5.74) is 7.15. The monoisotopic (exact) mass is 275 g/mol. The first kappa shape index (κ1) is 13.7. The Labute approximate surface area is 117 Å². The van der Waals surface area contributed by atoms with Gasteiger partial charge >= 0.3 is 0 Å². The van der Waals surface area contributed by atoms with E-state index in [9.17, 15) is 4.79 Å². The number of amides is 1. The van der Waals surface area contributed by atoms with E-state index in [0.717, 1.165) is 23.2 Å². The second kappa shape index (κ2) is 5.93. The van der Waals surface area contributed by atoms with Crippen LogP contribution < -0.4 is 5.73 Å². The normalized spacial score (nSPS) is 10.6. The highest BCUT2D eigenvalue weighted by atomic mass is 32.2. The molecule has 0 bridgehead atoms. The highest BCUT2D eigenvalue weighted by molar-refractivity contribution is 7.98. The van der Waals surface area contributed by atoms with E-state index in [0.29, 0.717) is 11.4 Å². The molecule has 19 heavy (non-hydrogen) atoms. The third-order valence-corrected chi connectivity index (χ3v) is 3.53. The van der Waals surface area contributed by atoms with E-state index in [-0.39, 0.29) is 5.91 Å². The molecule has 0 aliphatic heterocycles. The molecule has 1 amide bonds. The Morgan fingerprint density at radius 3 is 2.89 bits per heavy atom. The minimum Gasteiger partial charge on any atom is -0.384 e. The molecular weight excluding hydrogens is 258 g/mol. The molecule has 4 nitrogen and oxygen atoms in total. The van der Waals surface area contributed by atoms with Crippen molar-refractivity contribution < 1.29 is 4.79 Å². The number of rotatable bonds is 4. The van der Waals surface area contributed by atoms with Crippen molar-refractivity contribution >= 4 is 34.4 Å². The van der Waals surface area contributed by atoms with Crippen LogP contribution in [0.2, 0.25) is 0 Å². The highest BCUT2D eigenvalue weighted by Crippen LogP contribution is 2.20. The number of para-hydroxylation sites is 1. The molecule has 0 radical (unpaired) electrons. The topological polar surface area (TPSA) is 59.2 Å². The number of nitrogens with two attached hydrogens (primary N) is 1. The Morgan fingerprint density at radius 2 is 2.16 bits per heavy atom. The molecule has 0 spiro atoms. The van der Waals surface area contributed by atoms with Gasteiger partial charge in [0.05, 0.1) is 11.1 Å². The fraction of sp³-hybridized carbons (Fsp3) is 0.286. The molecule has 1 heterocycles. The maximum Gasteiger partial charge on any atom is 0.254 e. The van der Waals surface area contributed by atoms with Crippen molar-refractivity contribution in [2.45, 2.75) is 0 Å². The van der Waals surface area contributed by atoms with Crippen molar-refractivity contribution in [3.05, 3.63) is 35.9 Å². The summed E-state index contributed by atoms with van der Waals surface area (Å²) < 4.78 is 0. The number of carbonyl (C=O) groups excluding carboxylic acids is 1. The summed E-state index contributed by atoms with van der Waals surface area (Å²) in [7, 11) is 1.81. The zero-order valence-electron chi connectivity index (χ0n) is 11.1. The number of hydrogen-bond donors (Lipinski definition) is 1. The Balaban J connectivity index is 2.41. The van der Waals surface area contributed by atoms with Crippen LogP contribution in [0.15, 0.2) is 30.3 Å². The molecule has 0 fully saturated rings. The number of thioether (sulfide) groups is 1. The quantitative estimate of drug-likeness (QED) is 0.929. The maximum atomic E-state index is 12.5. The molecule has 1 aromatic carbocycles. The van der Waals surface area contributed by atoms with Crippen molar-refractivity contribution in [1.29, 1.82) is 0 Å². The van der Waals surface area contributed by atoms with Crippen molar-refractivity contribution in [3.8, 4) is 0 Å². The predicted molar refractivity (Wildman–Crippen MR) is 81.5 cm³/mol. The van der Waals surface area contributed by atoms with Crippen LogP contribution in [0.1, 0.15) is 10.4 Å². The van der Waals surface area contributed by atoms with Gasteiger partial charge in [-0.25, -0.2) is 4.98 Å². The Morgan fingerprint density at radius 1 is 1.42 bits per heavy atom. The first-order chi connectivity index (χ1) is 9.13. The summed E-state index contributed by atoms with van der Waals surface area (Å²) in [5.74, 6) is 1.28. The summed E-state index contributed by atoms with van der Waals surface area (Å²) in [6.45, 7) is 0.719. The number of aromatic nitrogens is 1. The summed E-state index contributed by atoms with van der Waals surface area (Å²) in [6, 6.07) is 9.21. The van der Waals surface area contributed by atoms with Crippen molar-refractivity contribution in [2.24, 2.45) is 0 Å². The van der Waals surface area contributed by atoms with Crippen LogP contribution in [-0.2, 0) is 0 Å². The lowest BCUT2D eigenvalue weighted by atomic mass is 10.1. The molecule has 0 aliphatic carbocycles. The largest absolute Gasteiger partial charge is 0.384 e. The third kappa shape index (κ3) is 2.98. The lowest BCUT2D eigenvalue weighted by molar-refractivity contribution is 0.0805. The van der Waals surface area contributed by atoms with Gasteiger partial charge in [0.1, 0.15) is 5.82 Å². The number of nitrogens with zero attached hydrogens (tertiary/aromatic N) is 2. The fourth-order valence-corrected chi connectivity index (χ4v) is 2.36. The summed E-state index contributed by atoms with van der Waals surface area (Å²) in [6.07, 6.45) is 2.03. The van der Waals surface area contributed by atoms with Crippen molar-refractivity contribution in [2.75, 3.05) is 31.3 Å². The molecule has 2 rings (SSSR count). The van der Waals surface area contributed by atoms with E-state index in [1.807, 2.05) is 37.6 Å². The minimum absolute atomic E-state index is 0.0145. The summed E-state index contributed by atoms with van der Waals surface area (Å²) in [4.78, 5) is 18.4. The first-order valence-electron chi connectivity index (χ1n) is 6.03. The van der Waals surface area contributed by atoms with Crippen LogP contribution >= 0.6 is 11.8 Å². The van der Waals surface area contributed by atoms with Gasteiger partial charge in [-0.3, -0.25) is 4.79 Å². The average Bonchev–Trinajstić information content (AvgIpc) is 2.42. The molecular formula is C14H17N3OS. The molecule has 0 unspecified atom stereocenters. The number of benzene rings is 1. The molecule has 0 aliphatic rings. The zero-order valence-corrected chi connectivity index (χ0v) is 11.9. The van der Waals surface area contributed by atoms with E-state index >= 15 is 0 Å². The molecule has 5 heteroatoms. The molecule has 0 saturated carbocycles. The number of fused-ring (bicyclic) bond motifs is 1. The lowest BCUT2D eigenvalue weighted by Gasteiger charge is -2.17. The molecule has 0 saturated heterocycles. The molecule has 2 aromatic rings. The first-order valence-corrected chi connectivity index (χ1v) is 7.42. The van der Waals surface area contributed by atoms with Gasteiger partial charge in [0.25, 0.3) is 5.91 Å². The van der Waals surface area contributed by atoms with Crippen LogP contribution in [0.4, 0.5) is 5.82 Å². The third-order valence-electron chi connectivity index (χ3n) is 2.94. The minimum atomic E-state index is -0.0145. The van der Waals surface area contributed by atoms with E-state index in [4.69, 9.17) is 5.73 Å². The Kier molecular flexibility index (Phi) is 4.27. The second-order valence-corrected chi connectivity index (χ2v) is 5.32. The lowest BCUT2D eigenvalue weighted by Crippen LogP contribution is -2.29. The molecule has 1 aromatic heterocycles. The van der Waals surface area contributed by atoms with Crippen LogP contribution in [0, 0.1) is 0 Å². The number of pyridine rings is 1. The van der Waals surface area contributed by atoms with Gasteiger partial charge in [0.15, 0.2) is 0 Å². The standard InChI is InChI=1S/C14H17N3OS/c1-17(7-8-19-2)14(18)11-9-13(15)16-12-6-4-3-5-10(11)12/h3-6,9H,7-8H2,1-2H3,(H2,15,16). The van der Waals surface area contributed by atoms with E-state index in [1.54, 1.807) is 22.7 Å².